The number of hydrogen-bond donors (Lipinski definition) is 0. The molecular weight excluding hydrogens is 536 g/mol. The first-order chi connectivity index (χ1) is 19.4. The van der Waals surface area contributed by atoms with Crippen LogP contribution in [-0.2, 0) is 62.1 Å². The van der Waals surface area contributed by atoms with Gasteiger partial charge in [0.05, 0.1) is 97.8 Å². The van der Waals surface area contributed by atoms with E-state index >= 15 is 0 Å². The summed E-state index contributed by atoms with van der Waals surface area (Å²) in [5.74, 6) is -2.58. The standard InChI is InChI=1S/C25H38N2O13/c1-20-2-3-21(28)26(20)39-24(31)6-8-33-10-12-35-14-16-37-18-19-38-17-15-36-13-11-34-9-7-25(32)40-27-22(29)4-5-23(27)30/h1-19H2. The first-order valence-electron chi connectivity index (χ1n) is 13.1. The van der Waals surface area contributed by atoms with Crippen LogP contribution in [0.15, 0.2) is 12.3 Å². The summed E-state index contributed by atoms with van der Waals surface area (Å²) in [6.45, 7) is 7.52. The van der Waals surface area contributed by atoms with Crippen molar-refractivity contribution in [1.29, 1.82) is 0 Å². The molecule has 226 valence electrons. The van der Waals surface area contributed by atoms with Crippen LogP contribution in [0.3, 0.4) is 0 Å². The van der Waals surface area contributed by atoms with Crippen LogP contribution in [0.2, 0.25) is 0 Å². The Balaban J connectivity index is 1.24. The Morgan fingerprint density at radius 1 is 0.500 bits per heavy atom. The van der Waals surface area contributed by atoms with Gasteiger partial charge in [0.1, 0.15) is 0 Å². The second kappa shape index (κ2) is 20.0. The molecule has 40 heavy (non-hydrogen) atoms. The number of amides is 3. The number of ether oxygens (including phenoxy) is 6. The van der Waals surface area contributed by atoms with Crippen molar-refractivity contribution in [2.45, 2.75) is 38.5 Å². The molecular formula is C25H38N2O13. The fourth-order valence-electron chi connectivity index (χ4n) is 3.21. The van der Waals surface area contributed by atoms with Gasteiger partial charge >= 0.3 is 11.9 Å². The molecule has 2 rings (SSSR count). The van der Waals surface area contributed by atoms with Crippen molar-refractivity contribution in [3.8, 4) is 0 Å². The van der Waals surface area contributed by atoms with Crippen LogP contribution in [0.1, 0.15) is 38.5 Å². The fraction of sp³-hybridized carbons (Fsp3) is 0.720. The van der Waals surface area contributed by atoms with Gasteiger partial charge < -0.3 is 38.1 Å². The van der Waals surface area contributed by atoms with E-state index < -0.39 is 23.8 Å². The first kappa shape index (κ1) is 33.3. The molecule has 0 aromatic heterocycles. The van der Waals surface area contributed by atoms with Gasteiger partial charge in [-0.05, 0) is 6.42 Å². The second-order valence-electron chi connectivity index (χ2n) is 8.44. The summed E-state index contributed by atoms with van der Waals surface area (Å²) >= 11 is 0. The van der Waals surface area contributed by atoms with Gasteiger partial charge in [-0.15, -0.1) is 10.1 Å². The molecule has 0 bridgehead atoms. The van der Waals surface area contributed by atoms with Crippen LogP contribution in [0, 0.1) is 0 Å². The Labute approximate surface area is 232 Å². The lowest BCUT2D eigenvalue weighted by Gasteiger charge is -2.15. The Morgan fingerprint density at radius 3 is 1.15 bits per heavy atom. The number of hydrogen-bond acceptors (Lipinski definition) is 13. The van der Waals surface area contributed by atoms with Gasteiger partial charge in [-0.2, -0.15) is 0 Å². The van der Waals surface area contributed by atoms with Gasteiger partial charge in [0.25, 0.3) is 17.7 Å². The zero-order valence-corrected chi connectivity index (χ0v) is 22.6. The zero-order valence-electron chi connectivity index (χ0n) is 22.6. The number of hydroxylamine groups is 4. The highest BCUT2D eigenvalue weighted by molar-refractivity contribution is 6.01. The van der Waals surface area contributed by atoms with Gasteiger partial charge in [-0.25, -0.2) is 9.59 Å². The molecule has 0 aliphatic carbocycles. The zero-order chi connectivity index (χ0) is 29.0. The summed E-state index contributed by atoms with van der Waals surface area (Å²) in [5, 5.41) is 1.45. The maximum atomic E-state index is 11.7. The monoisotopic (exact) mass is 574 g/mol. The van der Waals surface area contributed by atoms with Gasteiger partial charge in [-0.1, -0.05) is 6.58 Å². The van der Waals surface area contributed by atoms with Crippen molar-refractivity contribution in [2.24, 2.45) is 0 Å². The van der Waals surface area contributed by atoms with Crippen molar-refractivity contribution in [1.82, 2.24) is 10.1 Å². The van der Waals surface area contributed by atoms with Crippen LogP contribution >= 0.6 is 0 Å². The fourth-order valence-corrected chi connectivity index (χ4v) is 3.21. The molecule has 2 aliphatic rings. The molecule has 2 saturated heterocycles. The van der Waals surface area contributed by atoms with Crippen molar-refractivity contribution < 1.29 is 62.1 Å². The topological polar surface area (TPSA) is 166 Å². The number of carbonyl (C=O) groups is 5. The third-order valence-electron chi connectivity index (χ3n) is 5.29. The maximum Gasteiger partial charge on any atom is 0.335 e. The van der Waals surface area contributed by atoms with Gasteiger partial charge in [0.2, 0.25) is 0 Å². The smallest absolute Gasteiger partial charge is 0.335 e. The molecule has 3 amide bonds. The number of nitrogens with zero attached hydrogens (tertiary/aromatic N) is 2. The summed E-state index contributed by atoms with van der Waals surface area (Å²) < 4.78 is 32.0. The Morgan fingerprint density at radius 2 is 0.800 bits per heavy atom. The van der Waals surface area contributed by atoms with E-state index in [1.54, 1.807) is 0 Å². The van der Waals surface area contributed by atoms with Crippen LogP contribution in [0.5, 0.6) is 0 Å². The van der Waals surface area contributed by atoms with E-state index in [0.717, 1.165) is 5.06 Å². The van der Waals surface area contributed by atoms with Crippen molar-refractivity contribution in [2.75, 3.05) is 79.3 Å². The van der Waals surface area contributed by atoms with E-state index in [0.29, 0.717) is 83.1 Å². The Hall–Kier alpha value is -2.95. The summed E-state index contributed by atoms with van der Waals surface area (Å²) in [6, 6.07) is 0. The van der Waals surface area contributed by atoms with Crippen LogP contribution in [-0.4, -0.2) is 119 Å². The Kier molecular flexibility index (Phi) is 16.6. The average Bonchev–Trinajstić information content (AvgIpc) is 3.42. The Bertz CT molecular complexity index is 751. The minimum absolute atomic E-state index is 0.0196. The quantitative estimate of drug-likeness (QED) is 0.119. The molecule has 0 aromatic rings. The van der Waals surface area contributed by atoms with E-state index in [4.69, 9.17) is 38.1 Å². The molecule has 0 aromatic carbocycles. The van der Waals surface area contributed by atoms with Crippen molar-refractivity contribution in [3.05, 3.63) is 12.3 Å². The molecule has 2 aliphatic heterocycles. The molecule has 0 atom stereocenters. The number of carbonyl (C=O) groups excluding carboxylic acids is 5. The molecule has 2 heterocycles. The lowest BCUT2D eigenvalue weighted by Crippen LogP contribution is -2.32. The van der Waals surface area contributed by atoms with Gasteiger partial charge in [0.15, 0.2) is 0 Å². The molecule has 2 fully saturated rings. The van der Waals surface area contributed by atoms with Gasteiger partial charge in [-0.3, -0.25) is 14.4 Å². The minimum Gasteiger partial charge on any atom is -0.378 e. The summed E-state index contributed by atoms with van der Waals surface area (Å²) in [4.78, 5) is 67.3. The number of allylic oxidation sites excluding steroid dienone is 1. The molecule has 15 nitrogen and oxygen atoms in total. The largest absolute Gasteiger partial charge is 0.378 e. The summed E-state index contributed by atoms with van der Waals surface area (Å²) in [6.07, 6.45) is 0.828. The van der Waals surface area contributed by atoms with E-state index in [1.807, 2.05) is 0 Å². The molecule has 0 radical (unpaired) electrons. The average molecular weight is 575 g/mol. The minimum atomic E-state index is -0.710. The van der Waals surface area contributed by atoms with Gasteiger partial charge in [0, 0.05) is 19.3 Å². The highest BCUT2D eigenvalue weighted by atomic mass is 16.7. The highest BCUT2D eigenvalue weighted by Gasteiger charge is 2.32. The van der Waals surface area contributed by atoms with Crippen LogP contribution in [0.25, 0.3) is 0 Å². The molecule has 0 saturated carbocycles. The molecule has 0 spiro atoms. The van der Waals surface area contributed by atoms with Crippen molar-refractivity contribution >= 4 is 29.7 Å². The third kappa shape index (κ3) is 13.9. The summed E-state index contributed by atoms with van der Waals surface area (Å²) in [5.41, 5.74) is 0.476. The van der Waals surface area contributed by atoms with E-state index in [2.05, 4.69) is 6.58 Å². The van der Waals surface area contributed by atoms with Crippen molar-refractivity contribution in [3.63, 3.8) is 0 Å². The normalized spacial score (nSPS) is 15.4. The highest BCUT2D eigenvalue weighted by Crippen LogP contribution is 2.21. The lowest BCUT2D eigenvalue weighted by atomic mass is 10.3. The third-order valence-corrected chi connectivity index (χ3v) is 5.29. The van der Waals surface area contributed by atoms with E-state index in [-0.39, 0.29) is 51.4 Å². The van der Waals surface area contributed by atoms with E-state index in [9.17, 15) is 24.0 Å². The number of rotatable bonds is 23. The van der Waals surface area contributed by atoms with E-state index in [1.165, 1.54) is 0 Å². The lowest BCUT2D eigenvalue weighted by molar-refractivity contribution is -0.198. The predicted molar refractivity (Wildman–Crippen MR) is 133 cm³/mol. The number of imide groups is 1. The predicted octanol–water partition coefficient (Wildman–Crippen LogP) is 0.0677. The first-order valence-corrected chi connectivity index (χ1v) is 13.1. The molecule has 15 heteroatoms. The van der Waals surface area contributed by atoms with Crippen LogP contribution in [0.4, 0.5) is 0 Å². The molecule has 0 unspecified atom stereocenters. The van der Waals surface area contributed by atoms with Crippen LogP contribution < -0.4 is 0 Å². The summed E-state index contributed by atoms with van der Waals surface area (Å²) in [7, 11) is 0. The maximum absolute atomic E-state index is 11.7. The molecule has 0 N–H and O–H groups in total. The SMILES string of the molecule is C=C1CCC(=O)N1OC(=O)CCOCCOCCOCCOCCOCCOCCC(=O)ON1C(=O)CCC1=O. The second-order valence-corrected chi connectivity index (χ2v) is 8.44.